The lowest BCUT2D eigenvalue weighted by atomic mass is 10.2. The van der Waals surface area contributed by atoms with E-state index in [1.165, 1.54) is 6.20 Å². The van der Waals surface area contributed by atoms with Crippen LogP contribution in [0.3, 0.4) is 0 Å². The summed E-state index contributed by atoms with van der Waals surface area (Å²) in [5.74, 6) is -1.10. The average Bonchev–Trinajstić information content (AvgIpc) is 2.22. The van der Waals surface area contributed by atoms with Crippen LogP contribution in [0, 0.1) is 0 Å². The lowest BCUT2D eigenvalue weighted by molar-refractivity contribution is -0.137. The van der Waals surface area contributed by atoms with Crippen molar-refractivity contribution in [2.24, 2.45) is 0 Å². The van der Waals surface area contributed by atoms with Crippen LogP contribution < -0.4 is 5.56 Å². The molecule has 2 rings (SSSR count). The highest BCUT2D eigenvalue weighted by Crippen LogP contribution is 2.19. The number of carbonyl (C=O) groups is 1. The molecule has 5 nitrogen and oxygen atoms in total. The predicted octanol–water partition coefficient (Wildman–Crippen LogP) is 1.24. The van der Waals surface area contributed by atoms with Gasteiger partial charge in [0, 0.05) is 9.86 Å². The predicted molar refractivity (Wildman–Crippen MR) is 61.3 cm³/mol. The fourth-order valence-electron chi connectivity index (χ4n) is 1.43. The molecule has 6 heteroatoms. The Morgan fingerprint density at radius 3 is 2.94 bits per heavy atom. The number of rotatable bonds is 2. The molecular weight excluding hydrogens is 276 g/mol. The monoisotopic (exact) mass is 282 g/mol. The van der Waals surface area contributed by atoms with Crippen LogP contribution >= 0.6 is 15.9 Å². The molecule has 1 aromatic carbocycles. The summed E-state index contributed by atoms with van der Waals surface area (Å²) < 4.78 is 1.56. The number of aliphatic carboxylic acids is 1. The van der Waals surface area contributed by atoms with E-state index in [4.69, 9.17) is 5.11 Å². The van der Waals surface area contributed by atoms with Gasteiger partial charge in [0.05, 0.1) is 11.6 Å². The minimum absolute atomic E-state index is 0.410. The van der Waals surface area contributed by atoms with Crippen LogP contribution in [0.5, 0.6) is 0 Å². The van der Waals surface area contributed by atoms with Gasteiger partial charge in [0.15, 0.2) is 0 Å². The maximum Gasteiger partial charge on any atom is 0.325 e. The molecule has 82 valence electrons. The van der Waals surface area contributed by atoms with Crippen LogP contribution in [0.2, 0.25) is 0 Å². The van der Waals surface area contributed by atoms with Gasteiger partial charge >= 0.3 is 5.97 Å². The maximum absolute atomic E-state index is 11.9. The third kappa shape index (κ3) is 1.83. The quantitative estimate of drug-likeness (QED) is 0.900. The average molecular weight is 283 g/mol. The number of hydrogen-bond donors (Lipinski definition) is 1. The topological polar surface area (TPSA) is 72.2 Å². The molecule has 0 aliphatic heterocycles. The standard InChI is InChI=1S/C10H7BrN2O3/c11-7-3-1-2-6-4-12-13(5-8(14)15)10(16)9(6)7/h1-4H,5H2,(H,14,15). The molecule has 16 heavy (non-hydrogen) atoms. The molecule has 0 amide bonds. The molecule has 1 aromatic heterocycles. The first kappa shape index (κ1) is 10.8. The first-order valence-electron chi connectivity index (χ1n) is 4.46. The Morgan fingerprint density at radius 1 is 1.50 bits per heavy atom. The molecule has 0 saturated carbocycles. The Kier molecular flexibility index (Phi) is 2.74. The van der Waals surface area contributed by atoms with Crippen molar-refractivity contribution in [2.75, 3.05) is 0 Å². The number of carboxylic acids is 1. The zero-order chi connectivity index (χ0) is 11.7. The highest BCUT2D eigenvalue weighted by Gasteiger charge is 2.09. The third-order valence-electron chi connectivity index (χ3n) is 2.12. The van der Waals surface area contributed by atoms with E-state index in [2.05, 4.69) is 21.0 Å². The molecule has 0 atom stereocenters. The van der Waals surface area contributed by atoms with Crippen LogP contribution in [-0.4, -0.2) is 20.9 Å². The molecule has 0 unspecified atom stereocenters. The van der Waals surface area contributed by atoms with E-state index in [0.29, 0.717) is 15.2 Å². The number of halogens is 1. The van der Waals surface area contributed by atoms with Crippen LogP contribution in [0.4, 0.5) is 0 Å². The van der Waals surface area contributed by atoms with E-state index in [1.807, 2.05) is 0 Å². The normalized spacial score (nSPS) is 10.6. The number of aromatic nitrogens is 2. The summed E-state index contributed by atoms with van der Waals surface area (Å²) in [5, 5.41) is 13.5. The van der Waals surface area contributed by atoms with Gasteiger partial charge in [-0.2, -0.15) is 5.10 Å². The summed E-state index contributed by atoms with van der Waals surface area (Å²) in [6.07, 6.45) is 1.48. The molecule has 0 saturated heterocycles. The molecule has 0 spiro atoms. The number of carboxylic acid groups (broad SMARTS) is 1. The third-order valence-corrected chi connectivity index (χ3v) is 2.78. The van der Waals surface area contributed by atoms with Crippen molar-refractivity contribution >= 4 is 32.7 Å². The summed E-state index contributed by atoms with van der Waals surface area (Å²) in [6.45, 7) is -0.434. The molecule has 0 aliphatic carbocycles. The Labute approximate surface area is 98.4 Å². The van der Waals surface area contributed by atoms with Gasteiger partial charge in [-0.1, -0.05) is 12.1 Å². The molecule has 0 aliphatic rings. The van der Waals surface area contributed by atoms with Crippen molar-refractivity contribution in [1.29, 1.82) is 0 Å². The van der Waals surface area contributed by atoms with Gasteiger partial charge in [-0.05, 0) is 22.0 Å². The van der Waals surface area contributed by atoms with Crippen LogP contribution in [-0.2, 0) is 11.3 Å². The molecule has 1 N–H and O–H groups in total. The van der Waals surface area contributed by atoms with Crippen molar-refractivity contribution in [1.82, 2.24) is 9.78 Å². The molecule has 1 heterocycles. The second-order valence-corrected chi connectivity index (χ2v) is 4.06. The molecular formula is C10H7BrN2O3. The lowest BCUT2D eigenvalue weighted by Crippen LogP contribution is -2.26. The van der Waals surface area contributed by atoms with Gasteiger partial charge in [0.25, 0.3) is 5.56 Å². The van der Waals surface area contributed by atoms with Crippen molar-refractivity contribution in [2.45, 2.75) is 6.54 Å². The summed E-state index contributed by atoms with van der Waals surface area (Å²) in [4.78, 5) is 22.4. The van der Waals surface area contributed by atoms with E-state index in [-0.39, 0.29) is 0 Å². The smallest absolute Gasteiger partial charge is 0.325 e. The zero-order valence-electron chi connectivity index (χ0n) is 8.05. The Morgan fingerprint density at radius 2 is 2.25 bits per heavy atom. The van der Waals surface area contributed by atoms with E-state index in [0.717, 1.165) is 4.68 Å². The van der Waals surface area contributed by atoms with Crippen molar-refractivity contribution < 1.29 is 9.90 Å². The van der Waals surface area contributed by atoms with Crippen LogP contribution in [0.15, 0.2) is 33.7 Å². The van der Waals surface area contributed by atoms with E-state index >= 15 is 0 Å². The maximum atomic E-state index is 11.9. The molecule has 2 aromatic rings. The van der Waals surface area contributed by atoms with E-state index in [9.17, 15) is 9.59 Å². The number of hydrogen-bond acceptors (Lipinski definition) is 3. The minimum atomic E-state index is -1.10. The summed E-state index contributed by atoms with van der Waals surface area (Å²) in [6, 6.07) is 5.27. The first-order chi connectivity index (χ1) is 7.59. The zero-order valence-corrected chi connectivity index (χ0v) is 9.64. The fraction of sp³-hybridized carbons (Fsp3) is 0.100. The van der Waals surface area contributed by atoms with Gasteiger partial charge in [-0.3, -0.25) is 9.59 Å². The fourth-order valence-corrected chi connectivity index (χ4v) is 1.98. The largest absolute Gasteiger partial charge is 0.480 e. The molecule has 0 radical (unpaired) electrons. The second-order valence-electron chi connectivity index (χ2n) is 3.21. The lowest BCUT2D eigenvalue weighted by Gasteiger charge is -2.03. The van der Waals surface area contributed by atoms with Crippen molar-refractivity contribution in [3.63, 3.8) is 0 Å². The van der Waals surface area contributed by atoms with Crippen molar-refractivity contribution in [3.8, 4) is 0 Å². The number of fused-ring (bicyclic) bond motifs is 1. The Bertz CT molecular complexity index is 621. The Balaban J connectivity index is 2.73. The van der Waals surface area contributed by atoms with Gasteiger partial charge in [-0.25, -0.2) is 4.68 Å². The SMILES string of the molecule is O=C(O)Cn1ncc2cccc(Br)c2c1=O. The second kappa shape index (κ2) is 4.05. The van der Waals surface area contributed by atoms with Gasteiger partial charge in [-0.15, -0.1) is 0 Å². The molecule has 0 fully saturated rings. The van der Waals surface area contributed by atoms with Crippen LogP contribution in [0.1, 0.15) is 0 Å². The Hall–Kier alpha value is -1.69. The minimum Gasteiger partial charge on any atom is -0.480 e. The van der Waals surface area contributed by atoms with E-state index < -0.39 is 18.1 Å². The van der Waals surface area contributed by atoms with Crippen LogP contribution in [0.25, 0.3) is 10.8 Å². The summed E-state index contributed by atoms with van der Waals surface area (Å²) in [7, 11) is 0. The first-order valence-corrected chi connectivity index (χ1v) is 5.25. The van der Waals surface area contributed by atoms with Gasteiger partial charge in [0.1, 0.15) is 6.54 Å². The highest BCUT2D eigenvalue weighted by atomic mass is 79.9. The van der Waals surface area contributed by atoms with Gasteiger partial charge < -0.3 is 5.11 Å². The summed E-state index contributed by atoms with van der Waals surface area (Å²) >= 11 is 3.26. The number of benzene rings is 1. The summed E-state index contributed by atoms with van der Waals surface area (Å²) in [5.41, 5.74) is -0.410. The highest BCUT2D eigenvalue weighted by molar-refractivity contribution is 9.10. The molecule has 0 bridgehead atoms. The van der Waals surface area contributed by atoms with Gasteiger partial charge in [0.2, 0.25) is 0 Å². The number of nitrogens with zero attached hydrogens (tertiary/aromatic N) is 2. The van der Waals surface area contributed by atoms with E-state index in [1.54, 1.807) is 18.2 Å². The van der Waals surface area contributed by atoms with Crippen molar-refractivity contribution in [3.05, 3.63) is 39.2 Å².